The molecule has 6 heteroatoms. The molecule has 5 nitrogen and oxygen atoms in total. The Morgan fingerprint density at radius 1 is 0.920 bits per heavy atom. The number of rotatable bonds is 4. The van der Waals surface area contributed by atoms with Crippen molar-refractivity contribution in [3.63, 3.8) is 0 Å². The lowest BCUT2D eigenvalue weighted by Gasteiger charge is -2.11. The number of benzene rings is 2. The molecule has 0 saturated heterocycles. The number of carbonyl (C=O) groups is 2. The third-order valence-electron chi connectivity index (χ3n) is 3.61. The van der Waals surface area contributed by atoms with Gasteiger partial charge in [-0.1, -0.05) is 18.2 Å². The second kappa shape index (κ2) is 7.00. The van der Waals surface area contributed by atoms with E-state index in [-0.39, 0.29) is 11.4 Å². The number of halogens is 1. The van der Waals surface area contributed by atoms with Gasteiger partial charge in [0.15, 0.2) is 5.76 Å². The lowest BCUT2D eigenvalue weighted by Crippen LogP contribution is -2.15. The fraction of sp³-hybridized carbons (Fsp3) is 0.0526. The largest absolute Gasteiger partial charge is 0.459 e. The molecule has 0 unspecified atom stereocenters. The summed E-state index contributed by atoms with van der Waals surface area (Å²) in [5.74, 6) is -1.24. The number of amides is 2. The van der Waals surface area contributed by atoms with Gasteiger partial charge < -0.3 is 15.1 Å². The van der Waals surface area contributed by atoms with Gasteiger partial charge in [0.05, 0.1) is 12.0 Å². The highest BCUT2D eigenvalue weighted by Crippen LogP contribution is 2.20. The van der Waals surface area contributed by atoms with Crippen LogP contribution in [0.4, 0.5) is 15.8 Å². The van der Waals surface area contributed by atoms with Crippen LogP contribution < -0.4 is 10.6 Å². The first-order valence-electron chi connectivity index (χ1n) is 7.56. The maximum absolute atomic E-state index is 13.7. The van der Waals surface area contributed by atoms with Gasteiger partial charge in [0.2, 0.25) is 0 Å². The Kier molecular flexibility index (Phi) is 4.61. The number of aryl methyl sites for hydroxylation is 1. The maximum atomic E-state index is 13.7. The third kappa shape index (κ3) is 3.74. The first-order chi connectivity index (χ1) is 12.0. The van der Waals surface area contributed by atoms with E-state index in [1.807, 2.05) is 0 Å². The molecule has 0 bridgehead atoms. The molecule has 2 amide bonds. The van der Waals surface area contributed by atoms with Crippen molar-refractivity contribution >= 4 is 23.2 Å². The van der Waals surface area contributed by atoms with Gasteiger partial charge in [-0.25, -0.2) is 4.39 Å². The van der Waals surface area contributed by atoms with Gasteiger partial charge in [0.1, 0.15) is 5.82 Å². The smallest absolute Gasteiger partial charge is 0.291 e. The second-order valence-corrected chi connectivity index (χ2v) is 5.40. The molecule has 0 aliphatic rings. The van der Waals surface area contributed by atoms with E-state index in [4.69, 9.17) is 4.42 Å². The Morgan fingerprint density at radius 3 is 2.40 bits per heavy atom. The van der Waals surface area contributed by atoms with Gasteiger partial charge in [-0.2, -0.15) is 0 Å². The van der Waals surface area contributed by atoms with Crippen LogP contribution in [0.5, 0.6) is 0 Å². The molecular formula is C19H15FN2O3. The van der Waals surface area contributed by atoms with Gasteiger partial charge in [-0.05, 0) is 48.9 Å². The standard InChI is InChI=1S/C19H15FN2O3/c1-12-8-9-13(18(23)21-15-6-3-2-5-14(15)20)11-16(12)22-19(24)17-7-4-10-25-17/h2-11H,1H3,(H,21,23)(H,22,24). The average Bonchev–Trinajstić information content (AvgIpc) is 3.13. The molecule has 0 saturated carbocycles. The van der Waals surface area contributed by atoms with Gasteiger partial charge in [-0.15, -0.1) is 0 Å². The van der Waals surface area contributed by atoms with Gasteiger partial charge >= 0.3 is 0 Å². The Bertz CT molecular complexity index is 920. The van der Waals surface area contributed by atoms with E-state index >= 15 is 0 Å². The van der Waals surface area contributed by atoms with Crippen molar-refractivity contribution in [1.29, 1.82) is 0 Å². The van der Waals surface area contributed by atoms with E-state index in [0.717, 1.165) is 5.56 Å². The van der Waals surface area contributed by atoms with Crippen LogP contribution in [0.2, 0.25) is 0 Å². The van der Waals surface area contributed by atoms with Crippen LogP contribution in [-0.2, 0) is 0 Å². The fourth-order valence-electron chi connectivity index (χ4n) is 2.25. The zero-order valence-corrected chi connectivity index (χ0v) is 13.4. The number of furan rings is 1. The van der Waals surface area contributed by atoms with Gasteiger partial charge in [0, 0.05) is 11.3 Å². The summed E-state index contributed by atoms with van der Waals surface area (Å²) in [6.45, 7) is 1.80. The van der Waals surface area contributed by atoms with Crippen molar-refractivity contribution in [2.24, 2.45) is 0 Å². The number of anilines is 2. The van der Waals surface area contributed by atoms with Crippen molar-refractivity contribution in [2.45, 2.75) is 6.92 Å². The van der Waals surface area contributed by atoms with Crippen LogP contribution >= 0.6 is 0 Å². The van der Waals surface area contributed by atoms with Crippen molar-refractivity contribution < 1.29 is 18.4 Å². The van der Waals surface area contributed by atoms with E-state index in [2.05, 4.69) is 10.6 Å². The van der Waals surface area contributed by atoms with E-state index in [1.165, 1.54) is 24.5 Å². The Balaban J connectivity index is 1.80. The van der Waals surface area contributed by atoms with Crippen molar-refractivity contribution in [2.75, 3.05) is 10.6 Å². The summed E-state index contributed by atoms with van der Waals surface area (Å²) in [5.41, 5.74) is 1.64. The minimum atomic E-state index is -0.519. The highest BCUT2D eigenvalue weighted by atomic mass is 19.1. The molecule has 0 spiro atoms. The molecule has 0 aliphatic heterocycles. The molecule has 0 fully saturated rings. The zero-order valence-electron chi connectivity index (χ0n) is 13.4. The molecule has 2 aromatic carbocycles. The van der Waals surface area contributed by atoms with Crippen molar-refractivity contribution in [1.82, 2.24) is 0 Å². The Morgan fingerprint density at radius 2 is 1.68 bits per heavy atom. The fourth-order valence-corrected chi connectivity index (χ4v) is 2.25. The summed E-state index contributed by atoms with van der Waals surface area (Å²) in [6.07, 6.45) is 1.40. The molecule has 0 aliphatic carbocycles. The van der Waals surface area contributed by atoms with Gasteiger partial charge in [-0.3, -0.25) is 9.59 Å². The minimum Gasteiger partial charge on any atom is -0.459 e. The zero-order chi connectivity index (χ0) is 17.8. The summed E-state index contributed by atoms with van der Waals surface area (Å²) in [5, 5.41) is 5.21. The van der Waals surface area contributed by atoms with E-state index in [0.29, 0.717) is 11.3 Å². The molecule has 1 heterocycles. The molecule has 0 radical (unpaired) electrons. The highest BCUT2D eigenvalue weighted by molar-refractivity contribution is 6.07. The predicted molar refractivity (Wildman–Crippen MR) is 92.2 cm³/mol. The number of para-hydroxylation sites is 1. The topological polar surface area (TPSA) is 71.3 Å². The number of hydrogen-bond acceptors (Lipinski definition) is 3. The predicted octanol–water partition coefficient (Wildman–Crippen LogP) is 4.23. The molecular weight excluding hydrogens is 323 g/mol. The van der Waals surface area contributed by atoms with Crippen molar-refractivity contribution in [3.8, 4) is 0 Å². The lowest BCUT2D eigenvalue weighted by atomic mass is 10.1. The summed E-state index contributed by atoms with van der Waals surface area (Å²) in [4.78, 5) is 24.4. The van der Waals surface area contributed by atoms with E-state index < -0.39 is 17.6 Å². The normalized spacial score (nSPS) is 10.3. The van der Waals surface area contributed by atoms with Crippen LogP contribution in [0.3, 0.4) is 0 Å². The SMILES string of the molecule is Cc1ccc(C(=O)Nc2ccccc2F)cc1NC(=O)c1ccco1. The Hall–Kier alpha value is -3.41. The molecule has 3 aromatic rings. The number of carbonyl (C=O) groups excluding carboxylic acids is 2. The summed E-state index contributed by atoms with van der Waals surface area (Å²) >= 11 is 0. The number of nitrogens with one attached hydrogen (secondary N) is 2. The summed E-state index contributed by atoms with van der Waals surface area (Å²) < 4.78 is 18.7. The quantitative estimate of drug-likeness (QED) is 0.748. The maximum Gasteiger partial charge on any atom is 0.291 e. The first-order valence-corrected chi connectivity index (χ1v) is 7.56. The highest BCUT2D eigenvalue weighted by Gasteiger charge is 2.14. The third-order valence-corrected chi connectivity index (χ3v) is 3.61. The van der Waals surface area contributed by atoms with Crippen LogP contribution in [-0.4, -0.2) is 11.8 Å². The summed E-state index contributed by atoms with van der Waals surface area (Å²) in [7, 11) is 0. The van der Waals surface area contributed by atoms with Crippen LogP contribution in [0.1, 0.15) is 26.5 Å². The second-order valence-electron chi connectivity index (χ2n) is 5.40. The molecule has 0 atom stereocenters. The molecule has 1 aromatic heterocycles. The average molecular weight is 338 g/mol. The van der Waals surface area contributed by atoms with Crippen molar-refractivity contribution in [3.05, 3.63) is 83.6 Å². The van der Waals surface area contributed by atoms with E-state index in [1.54, 1.807) is 43.3 Å². The van der Waals surface area contributed by atoms with E-state index in [9.17, 15) is 14.0 Å². The molecule has 126 valence electrons. The Labute approximate surface area is 143 Å². The van der Waals surface area contributed by atoms with Crippen LogP contribution in [0, 0.1) is 12.7 Å². The molecule has 25 heavy (non-hydrogen) atoms. The lowest BCUT2D eigenvalue weighted by molar-refractivity contribution is 0.0993. The molecule has 3 rings (SSSR count). The van der Waals surface area contributed by atoms with Gasteiger partial charge in [0.25, 0.3) is 11.8 Å². The molecule has 2 N–H and O–H groups in total. The minimum absolute atomic E-state index is 0.0919. The monoisotopic (exact) mass is 338 g/mol. The van der Waals surface area contributed by atoms with Crippen LogP contribution in [0.15, 0.2) is 65.3 Å². The summed E-state index contributed by atoms with van der Waals surface area (Å²) in [6, 6.07) is 13.9. The van der Waals surface area contributed by atoms with Crippen LogP contribution in [0.25, 0.3) is 0 Å². The first kappa shape index (κ1) is 16.4. The number of hydrogen-bond donors (Lipinski definition) is 2.